The van der Waals surface area contributed by atoms with Gasteiger partial charge in [-0.1, -0.05) is 12.1 Å². The van der Waals surface area contributed by atoms with Crippen LogP contribution in [0.2, 0.25) is 0 Å². The van der Waals surface area contributed by atoms with Crippen LogP contribution < -0.4 is 0 Å². The molecule has 1 aromatic rings. The van der Waals surface area contributed by atoms with E-state index in [0.29, 0.717) is 5.56 Å². The molecule has 10 heavy (non-hydrogen) atoms. The van der Waals surface area contributed by atoms with Crippen molar-refractivity contribution in [1.82, 2.24) is 0 Å². The summed E-state index contributed by atoms with van der Waals surface area (Å²) in [5, 5.41) is 2.54. The Kier molecular flexibility index (Phi) is 1.76. The summed E-state index contributed by atoms with van der Waals surface area (Å²) in [7, 11) is 0. The van der Waals surface area contributed by atoms with E-state index in [1.165, 1.54) is 6.07 Å². The molecular weight excluding hydrogens is 133 g/mol. The first-order valence-corrected chi connectivity index (χ1v) is 2.84. The van der Waals surface area contributed by atoms with Crippen molar-refractivity contribution in [1.29, 1.82) is 0 Å². The minimum Gasteiger partial charge on any atom is -0.204 e. The molecule has 0 aliphatic rings. The quantitative estimate of drug-likeness (QED) is 0.549. The fourth-order valence-electron chi connectivity index (χ4n) is 0.739. The Hall–Kier alpha value is -1.25. The Morgan fingerprint density at radius 3 is 2.60 bits per heavy atom. The van der Waals surface area contributed by atoms with Crippen LogP contribution in [0, 0.1) is 17.6 Å². The number of benzene rings is 1. The molecule has 0 N–H and O–H groups in total. The lowest BCUT2D eigenvalue weighted by molar-refractivity contribution is 0.628. The maximum Gasteiger partial charge on any atom is 0.152 e. The number of rotatable bonds is 1. The number of hydrogen-bond acceptors (Lipinski definition) is 2. The number of aryl methyl sites for hydroxylation is 1. The molecule has 0 unspecified atom stereocenters. The van der Waals surface area contributed by atoms with Crippen molar-refractivity contribution < 1.29 is 4.39 Å². The number of halogens is 1. The molecule has 0 spiro atoms. The van der Waals surface area contributed by atoms with Gasteiger partial charge in [-0.15, -0.1) is 4.91 Å². The molecule has 0 saturated heterocycles. The third kappa shape index (κ3) is 1.03. The topological polar surface area (TPSA) is 29.4 Å². The van der Waals surface area contributed by atoms with E-state index in [0.717, 1.165) is 0 Å². The first kappa shape index (κ1) is 6.86. The first-order chi connectivity index (χ1) is 4.75. The van der Waals surface area contributed by atoms with Gasteiger partial charge in [-0.25, -0.2) is 4.39 Å². The Balaban J connectivity index is 3.30. The van der Waals surface area contributed by atoms with Gasteiger partial charge in [0, 0.05) is 0 Å². The first-order valence-electron chi connectivity index (χ1n) is 2.84. The van der Waals surface area contributed by atoms with Gasteiger partial charge in [0.05, 0.1) is 0 Å². The maximum absolute atomic E-state index is 12.6. The second kappa shape index (κ2) is 2.56. The van der Waals surface area contributed by atoms with E-state index in [2.05, 4.69) is 5.18 Å². The molecule has 0 saturated carbocycles. The molecule has 2 nitrogen and oxygen atoms in total. The fraction of sp³-hybridized carbons (Fsp3) is 0.143. The lowest BCUT2D eigenvalue weighted by Crippen LogP contribution is -1.77. The lowest BCUT2D eigenvalue weighted by Gasteiger charge is -1.94. The Bertz CT molecular complexity index is 240. The minimum atomic E-state index is -0.560. The monoisotopic (exact) mass is 139 g/mol. The summed E-state index contributed by atoms with van der Waals surface area (Å²) in [6.07, 6.45) is 0. The second-order valence-corrected chi connectivity index (χ2v) is 2.00. The molecule has 1 rings (SSSR count). The summed E-state index contributed by atoms with van der Waals surface area (Å²) in [4.78, 5) is 9.96. The Morgan fingerprint density at radius 1 is 1.50 bits per heavy atom. The summed E-state index contributed by atoms with van der Waals surface area (Å²) in [6, 6.07) is 4.39. The van der Waals surface area contributed by atoms with Crippen LogP contribution >= 0.6 is 0 Å². The van der Waals surface area contributed by atoms with E-state index in [9.17, 15) is 9.30 Å². The summed E-state index contributed by atoms with van der Waals surface area (Å²) in [6.45, 7) is 1.64. The molecule has 0 atom stereocenters. The SMILES string of the molecule is Cc1cccc(F)c1N=O. The van der Waals surface area contributed by atoms with Crippen LogP contribution in [0.4, 0.5) is 10.1 Å². The fourth-order valence-corrected chi connectivity index (χ4v) is 0.739. The van der Waals surface area contributed by atoms with Gasteiger partial charge in [0.15, 0.2) is 5.82 Å². The van der Waals surface area contributed by atoms with Crippen molar-refractivity contribution in [3.05, 3.63) is 34.5 Å². The van der Waals surface area contributed by atoms with E-state index in [1.54, 1.807) is 19.1 Å². The van der Waals surface area contributed by atoms with Crippen LogP contribution in [0.3, 0.4) is 0 Å². The van der Waals surface area contributed by atoms with Crippen molar-refractivity contribution in [3.63, 3.8) is 0 Å². The highest BCUT2D eigenvalue weighted by molar-refractivity contribution is 5.45. The number of nitrogens with zero attached hydrogens (tertiary/aromatic N) is 1. The summed E-state index contributed by atoms with van der Waals surface area (Å²) in [5.74, 6) is -0.560. The molecule has 0 aliphatic carbocycles. The van der Waals surface area contributed by atoms with Gasteiger partial charge in [-0.2, -0.15) is 0 Å². The van der Waals surface area contributed by atoms with Gasteiger partial charge in [-0.05, 0) is 23.7 Å². The molecule has 0 amide bonds. The van der Waals surface area contributed by atoms with E-state index < -0.39 is 5.82 Å². The van der Waals surface area contributed by atoms with Crippen molar-refractivity contribution in [2.75, 3.05) is 0 Å². The smallest absolute Gasteiger partial charge is 0.152 e. The maximum atomic E-state index is 12.6. The standard InChI is InChI=1S/C7H6FNO/c1-5-3-2-4-6(8)7(5)9-10/h2-4H,1H3. The second-order valence-electron chi connectivity index (χ2n) is 2.00. The van der Waals surface area contributed by atoms with Crippen molar-refractivity contribution >= 4 is 5.69 Å². The predicted octanol–water partition coefficient (Wildman–Crippen LogP) is 2.53. The van der Waals surface area contributed by atoms with Gasteiger partial charge in [0.25, 0.3) is 0 Å². The molecule has 0 radical (unpaired) electrons. The van der Waals surface area contributed by atoms with Gasteiger partial charge in [0.2, 0.25) is 0 Å². The zero-order chi connectivity index (χ0) is 7.56. The van der Waals surface area contributed by atoms with Crippen molar-refractivity contribution in [3.8, 4) is 0 Å². The zero-order valence-electron chi connectivity index (χ0n) is 5.47. The molecule has 0 aliphatic heterocycles. The summed E-state index contributed by atoms with van der Waals surface area (Å²) in [5.41, 5.74) is 0.470. The van der Waals surface area contributed by atoms with Crippen molar-refractivity contribution in [2.24, 2.45) is 5.18 Å². The average Bonchev–Trinajstić information content (AvgIpc) is 1.88. The third-order valence-corrected chi connectivity index (χ3v) is 1.28. The van der Waals surface area contributed by atoms with E-state index >= 15 is 0 Å². The van der Waals surface area contributed by atoms with Crippen LogP contribution in [0.1, 0.15) is 5.56 Å². The largest absolute Gasteiger partial charge is 0.204 e. The third-order valence-electron chi connectivity index (χ3n) is 1.28. The van der Waals surface area contributed by atoms with Gasteiger partial charge < -0.3 is 0 Å². The minimum absolute atomic E-state index is 0.0949. The van der Waals surface area contributed by atoms with Gasteiger partial charge >= 0.3 is 0 Å². The van der Waals surface area contributed by atoms with E-state index in [1.807, 2.05) is 0 Å². The molecule has 52 valence electrons. The molecule has 0 bridgehead atoms. The van der Waals surface area contributed by atoms with Crippen LogP contribution in [0.5, 0.6) is 0 Å². The molecule has 0 heterocycles. The molecule has 0 fully saturated rings. The van der Waals surface area contributed by atoms with Crippen LogP contribution in [0.25, 0.3) is 0 Å². The molecule has 1 aromatic carbocycles. The number of nitroso groups, excluding NO2 is 1. The van der Waals surface area contributed by atoms with E-state index in [-0.39, 0.29) is 5.69 Å². The van der Waals surface area contributed by atoms with Crippen molar-refractivity contribution in [2.45, 2.75) is 6.92 Å². The predicted molar refractivity (Wildman–Crippen MR) is 36.6 cm³/mol. The molecule has 0 aromatic heterocycles. The van der Waals surface area contributed by atoms with Gasteiger partial charge in [0.1, 0.15) is 5.69 Å². The molecular formula is C7H6FNO. The van der Waals surface area contributed by atoms with Crippen LogP contribution in [-0.2, 0) is 0 Å². The molecule has 3 heteroatoms. The normalized spacial score (nSPS) is 9.40. The summed E-state index contributed by atoms with van der Waals surface area (Å²) >= 11 is 0. The summed E-state index contributed by atoms with van der Waals surface area (Å²) < 4.78 is 12.6. The van der Waals surface area contributed by atoms with E-state index in [4.69, 9.17) is 0 Å². The lowest BCUT2D eigenvalue weighted by atomic mass is 10.2. The zero-order valence-corrected chi connectivity index (χ0v) is 5.47. The number of hydrogen-bond donors (Lipinski definition) is 0. The highest BCUT2D eigenvalue weighted by atomic mass is 19.1. The van der Waals surface area contributed by atoms with Crippen LogP contribution in [0.15, 0.2) is 23.4 Å². The average molecular weight is 139 g/mol. The highest BCUT2D eigenvalue weighted by Crippen LogP contribution is 2.20. The van der Waals surface area contributed by atoms with Crippen LogP contribution in [-0.4, -0.2) is 0 Å². The highest BCUT2D eigenvalue weighted by Gasteiger charge is 2.02. The Morgan fingerprint density at radius 2 is 2.20 bits per heavy atom. The Labute approximate surface area is 57.7 Å². The van der Waals surface area contributed by atoms with Gasteiger partial charge in [-0.3, -0.25) is 0 Å².